The van der Waals surface area contributed by atoms with Crippen LogP contribution in [0.25, 0.3) is 0 Å². The van der Waals surface area contributed by atoms with Crippen LogP contribution in [-0.4, -0.2) is 0 Å². The Hall–Kier alpha value is -0.700. The summed E-state index contributed by atoms with van der Waals surface area (Å²) in [5.74, 6) is 0. The van der Waals surface area contributed by atoms with Crippen molar-refractivity contribution in [1.82, 2.24) is 0 Å². The van der Waals surface area contributed by atoms with E-state index in [2.05, 4.69) is 37.5 Å². The van der Waals surface area contributed by atoms with Gasteiger partial charge in [-0.15, -0.1) is 0 Å². The second-order valence-electron chi connectivity index (χ2n) is 3.69. The van der Waals surface area contributed by atoms with Crippen LogP contribution in [0.2, 0.25) is 0 Å². The van der Waals surface area contributed by atoms with Crippen molar-refractivity contribution in [2.45, 2.75) is 65.2 Å². The van der Waals surface area contributed by atoms with Gasteiger partial charge in [-0.1, -0.05) is 51.0 Å². The minimum Gasteiger partial charge on any atom is -0.0750 e. The zero-order chi connectivity index (χ0) is 10.5. The molecule has 0 radical (unpaired) electrons. The molecule has 0 aliphatic carbocycles. The summed E-state index contributed by atoms with van der Waals surface area (Å²) in [7, 11) is 0. The topological polar surface area (TPSA) is 0 Å². The van der Waals surface area contributed by atoms with Crippen LogP contribution in [-0.2, 0) is 0 Å². The van der Waals surface area contributed by atoms with Gasteiger partial charge >= 0.3 is 0 Å². The van der Waals surface area contributed by atoms with Crippen molar-refractivity contribution in [2.75, 3.05) is 0 Å². The van der Waals surface area contributed by atoms with Gasteiger partial charge in [0.05, 0.1) is 0 Å². The molecule has 0 unspecified atom stereocenters. The van der Waals surface area contributed by atoms with Gasteiger partial charge in [0.1, 0.15) is 0 Å². The maximum absolute atomic E-state index is 3.09. The average Bonchev–Trinajstić information content (AvgIpc) is 2.21. The number of rotatable bonds is 8. The van der Waals surface area contributed by atoms with Gasteiger partial charge in [-0.25, -0.2) is 0 Å². The fourth-order valence-electron chi connectivity index (χ4n) is 1.25. The first kappa shape index (κ1) is 13.3. The highest BCUT2D eigenvalue weighted by Crippen LogP contribution is 1.99. The zero-order valence-corrected chi connectivity index (χ0v) is 9.81. The summed E-state index contributed by atoms with van der Waals surface area (Å²) in [5, 5.41) is 0. The maximum Gasteiger partial charge on any atom is -0.0268 e. The van der Waals surface area contributed by atoms with E-state index in [0.29, 0.717) is 0 Å². The molecule has 0 rings (SSSR count). The fourth-order valence-corrected chi connectivity index (χ4v) is 1.25. The third kappa shape index (κ3) is 11.3. The molecule has 0 saturated heterocycles. The van der Waals surface area contributed by atoms with E-state index in [1.165, 1.54) is 38.5 Å². The van der Waals surface area contributed by atoms with E-state index in [4.69, 9.17) is 0 Å². The molecule has 0 spiro atoms. The highest BCUT2D eigenvalue weighted by atomic mass is 13.9. The van der Waals surface area contributed by atoms with Crippen molar-refractivity contribution in [1.29, 1.82) is 0 Å². The standard InChI is InChI=1S/C14H24/c1-3-5-7-9-11-13-14-12-10-8-6-4-2/h11-12H,3-10H2,1-2H3. The van der Waals surface area contributed by atoms with Crippen LogP contribution in [0.5, 0.6) is 0 Å². The molecule has 0 heterocycles. The van der Waals surface area contributed by atoms with E-state index < -0.39 is 0 Å². The minimum atomic E-state index is 1.16. The summed E-state index contributed by atoms with van der Waals surface area (Å²) in [6, 6.07) is 0. The molecule has 0 aliphatic rings. The largest absolute Gasteiger partial charge is 0.0750 e. The molecule has 0 nitrogen and oxygen atoms in total. The number of allylic oxidation sites excluding steroid dienone is 2. The smallest absolute Gasteiger partial charge is 0.0268 e. The molecule has 80 valence electrons. The van der Waals surface area contributed by atoms with E-state index in [1.807, 2.05) is 0 Å². The second kappa shape index (κ2) is 12.3. The normalized spacial score (nSPS) is 9.00. The van der Waals surface area contributed by atoms with E-state index in [-0.39, 0.29) is 0 Å². The summed E-state index contributed by atoms with van der Waals surface area (Å²) < 4.78 is 0. The second-order valence-corrected chi connectivity index (χ2v) is 3.69. The Balaban J connectivity index is 3.38. The quantitative estimate of drug-likeness (QED) is 0.374. The van der Waals surface area contributed by atoms with Gasteiger partial charge in [-0.2, -0.15) is 0 Å². The van der Waals surface area contributed by atoms with Crippen molar-refractivity contribution in [3.05, 3.63) is 23.6 Å². The van der Waals surface area contributed by atoms with E-state index in [9.17, 15) is 0 Å². The molecule has 0 aromatic carbocycles. The van der Waals surface area contributed by atoms with E-state index in [0.717, 1.165) is 12.8 Å². The van der Waals surface area contributed by atoms with Crippen LogP contribution < -0.4 is 0 Å². The summed E-state index contributed by atoms with van der Waals surface area (Å²) in [6.45, 7) is 4.46. The molecule has 0 amide bonds. The lowest BCUT2D eigenvalue weighted by Gasteiger charge is -1.88. The van der Waals surface area contributed by atoms with Crippen molar-refractivity contribution in [3.63, 3.8) is 0 Å². The molecule has 0 heteroatoms. The van der Waals surface area contributed by atoms with Crippen molar-refractivity contribution >= 4 is 0 Å². The SMILES string of the molecule is CCCCCC=C=C=CCCCCC. The molecule has 0 atom stereocenters. The Morgan fingerprint density at radius 1 is 0.714 bits per heavy atom. The van der Waals surface area contributed by atoms with Crippen molar-refractivity contribution < 1.29 is 0 Å². The Kier molecular flexibility index (Phi) is 11.7. The molecule has 14 heavy (non-hydrogen) atoms. The first-order valence-electron chi connectivity index (χ1n) is 6.06. The monoisotopic (exact) mass is 192 g/mol. The Bertz CT molecular complexity index is 166. The van der Waals surface area contributed by atoms with Crippen LogP contribution in [0, 0.1) is 0 Å². The van der Waals surface area contributed by atoms with Gasteiger partial charge in [-0.05, 0) is 37.8 Å². The lowest BCUT2D eigenvalue weighted by Crippen LogP contribution is -1.69. The predicted octanol–water partition coefficient (Wildman–Crippen LogP) is 5.01. The maximum atomic E-state index is 3.09. The highest BCUT2D eigenvalue weighted by Gasteiger charge is 1.80. The molecule has 0 aromatic rings. The first-order chi connectivity index (χ1) is 6.91. The van der Waals surface area contributed by atoms with Gasteiger partial charge in [0.25, 0.3) is 0 Å². The summed E-state index contributed by atoms with van der Waals surface area (Å²) in [4.78, 5) is 0. The van der Waals surface area contributed by atoms with Gasteiger partial charge in [-0.3, -0.25) is 0 Å². The first-order valence-corrected chi connectivity index (χ1v) is 6.06. The van der Waals surface area contributed by atoms with Gasteiger partial charge in [0.2, 0.25) is 0 Å². The van der Waals surface area contributed by atoms with Gasteiger partial charge < -0.3 is 0 Å². The van der Waals surface area contributed by atoms with Crippen LogP contribution in [0.1, 0.15) is 65.2 Å². The average molecular weight is 192 g/mol. The predicted molar refractivity (Wildman–Crippen MR) is 64.5 cm³/mol. The summed E-state index contributed by atoms with van der Waals surface area (Å²) >= 11 is 0. The Morgan fingerprint density at radius 2 is 1.14 bits per heavy atom. The summed E-state index contributed by atoms with van der Waals surface area (Å²) in [5.41, 5.74) is 6.18. The van der Waals surface area contributed by atoms with Crippen LogP contribution in [0.4, 0.5) is 0 Å². The third-order valence-corrected chi connectivity index (χ3v) is 2.19. The Labute approximate surface area is 89.4 Å². The number of hydrogen-bond acceptors (Lipinski definition) is 0. The number of unbranched alkanes of at least 4 members (excludes halogenated alkanes) is 6. The molecule has 0 N–H and O–H groups in total. The third-order valence-electron chi connectivity index (χ3n) is 2.19. The molecule has 0 aliphatic heterocycles. The van der Waals surface area contributed by atoms with Crippen molar-refractivity contribution in [3.8, 4) is 0 Å². The Morgan fingerprint density at radius 3 is 1.50 bits per heavy atom. The van der Waals surface area contributed by atoms with Crippen molar-refractivity contribution in [2.24, 2.45) is 0 Å². The fraction of sp³-hybridized carbons (Fsp3) is 0.714. The lowest BCUT2D eigenvalue weighted by molar-refractivity contribution is 0.728. The summed E-state index contributed by atoms with van der Waals surface area (Å²) in [6.07, 6.45) is 14.4. The molecule has 0 aromatic heterocycles. The minimum absolute atomic E-state index is 1.16. The lowest BCUT2D eigenvalue weighted by atomic mass is 10.2. The van der Waals surface area contributed by atoms with Crippen LogP contribution in [0.15, 0.2) is 23.6 Å². The molecule has 0 saturated carbocycles. The van der Waals surface area contributed by atoms with Gasteiger partial charge in [0, 0.05) is 0 Å². The molecular formula is C14H24. The molecule has 0 fully saturated rings. The van der Waals surface area contributed by atoms with E-state index in [1.54, 1.807) is 0 Å². The van der Waals surface area contributed by atoms with Crippen LogP contribution >= 0.6 is 0 Å². The highest BCUT2D eigenvalue weighted by molar-refractivity contribution is 4.86. The van der Waals surface area contributed by atoms with Gasteiger partial charge in [0.15, 0.2) is 0 Å². The number of hydrogen-bond donors (Lipinski definition) is 0. The molecular weight excluding hydrogens is 168 g/mol. The van der Waals surface area contributed by atoms with Crippen LogP contribution in [0.3, 0.4) is 0 Å². The van der Waals surface area contributed by atoms with E-state index >= 15 is 0 Å². The molecule has 0 bridgehead atoms. The zero-order valence-electron chi connectivity index (χ0n) is 9.81.